The molecule has 1 heterocycles. The molecule has 5 heteroatoms. The van der Waals surface area contributed by atoms with E-state index in [0.717, 1.165) is 25.7 Å². The third-order valence-corrected chi connectivity index (χ3v) is 3.65. The van der Waals surface area contributed by atoms with Crippen LogP contribution in [0.1, 0.15) is 39.5 Å². The van der Waals surface area contributed by atoms with Gasteiger partial charge < -0.3 is 11.1 Å². The Kier molecular flexibility index (Phi) is 3.03. The maximum atomic E-state index is 11.9. The van der Waals surface area contributed by atoms with Gasteiger partial charge >= 0.3 is 0 Å². The van der Waals surface area contributed by atoms with Gasteiger partial charge in [-0.2, -0.15) is 4.99 Å². The number of amides is 2. The Morgan fingerprint density at radius 1 is 1.35 bits per heavy atom. The van der Waals surface area contributed by atoms with Gasteiger partial charge in [0.05, 0.1) is 5.54 Å². The average Bonchev–Trinajstić information content (AvgIpc) is 2.64. The summed E-state index contributed by atoms with van der Waals surface area (Å²) in [6.07, 6.45) is 3.61. The predicted octanol–water partition coefficient (Wildman–Crippen LogP) is 0.585. The molecule has 1 aliphatic heterocycles. The summed E-state index contributed by atoms with van der Waals surface area (Å²) in [5.74, 6) is -0.932. The van der Waals surface area contributed by atoms with Crippen molar-refractivity contribution in [3.05, 3.63) is 0 Å². The van der Waals surface area contributed by atoms with Crippen LogP contribution in [0.2, 0.25) is 0 Å². The summed E-state index contributed by atoms with van der Waals surface area (Å²) < 4.78 is 0. The van der Waals surface area contributed by atoms with Crippen molar-refractivity contribution in [1.82, 2.24) is 5.32 Å². The molecular weight excluding hydrogens is 218 g/mol. The lowest BCUT2D eigenvalue weighted by Gasteiger charge is -2.31. The number of rotatable bonds is 2. The molecule has 2 aliphatic rings. The van der Waals surface area contributed by atoms with Crippen LogP contribution in [-0.2, 0) is 9.59 Å². The van der Waals surface area contributed by atoms with Gasteiger partial charge in [-0.3, -0.25) is 9.59 Å². The molecule has 2 amide bonds. The van der Waals surface area contributed by atoms with E-state index in [0.29, 0.717) is 5.84 Å². The van der Waals surface area contributed by atoms with Crippen molar-refractivity contribution in [2.24, 2.45) is 22.6 Å². The minimum absolute atomic E-state index is 0.0369. The van der Waals surface area contributed by atoms with Crippen LogP contribution in [0.3, 0.4) is 0 Å². The number of aliphatic imine (C=N–C) groups is 1. The average molecular weight is 237 g/mol. The second kappa shape index (κ2) is 4.22. The SMILES string of the molecule is CC(C)C1C(=O)N=C(C2(N)CCCC2)NC1=O. The molecule has 1 fully saturated rings. The lowest BCUT2D eigenvalue weighted by Crippen LogP contribution is -2.58. The normalized spacial score (nSPS) is 28.2. The van der Waals surface area contributed by atoms with Crippen LogP contribution in [0, 0.1) is 11.8 Å². The molecule has 1 atom stereocenters. The Bertz CT molecular complexity index is 381. The molecule has 1 saturated carbocycles. The molecule has 1 unspecified atom stereocenters. The van der Waals surface area contributed by atoms with Crippen LogP contribution < -0.4 is 11.1 Å². The maximum Gasteiger partial charge on any atom is 0.260 e. The number of amidine groups is 1. The summed E-state index contributed by atoms with van der Waals surface area (Å²) in [5.41, 5.74) is 5.58. The van der Waals surface area contributed by atoms with Gasteiger partial charge in [0.1, 0.15) is 11.8 Å². The van der Waals surface area contributed by atoms with Crippen molar-refractivity contribution in [2.75, 3.05) is 0 Å². The van der Waals surface area contributed by atoms with E-state index >= 15 is 0 Å². The van der Waals surface area contributed by atoms with Gasteiger partial charge in [-0.15, -0.1) is 0 Å². The lowest BCUT2D eigenvalue weighted by atomic mass is 9.90. The van der Waals surface area contributed by atoms with E-state index in [1.165, 1.54) is 0 Å². The number of carbonyl (C=O) groups is 2. The monoisotopic (exact) mass is 237 g/mol. The van der Waals surface area contributed by atoms with E-state index in [4.69, 9.17) is 5.73 Å². The fourth-order valence-corrected chi connectivity index (χ4v) is 2.58. The van der Waals surface area contributed by atoms with E-state index in [1.807, 2.05) is 13.8 Å². The Hall–Kier alpha value is -1.23. The van der Waals surface area contributed by atoms with E-state index in [9.17, 15) is 9.59 Å². The molecule has 0 spiro atoms. The van der Waals surface area contributed by atoms with Crippen LogP contribution in [-0.4, -0.2) is 23.2 Å². The maximum absolute atomic E-state index is 11.9. The summed E-state index contributed by atoms with van der Waals surface area (Å²) >= 11 is 0. The lowest BCUT2D eigenvalue weighted by molar-refractivity contribution is -0.135. The molecule has 94 valence electrons. The second-order valence-corrected chi connectivity index (χ2v) is 5.37. The fraction of sp³-hybridized carbons (Fsp3) is 0.750. The molecule has 0 aromatic carbocycles. The predicted molar refractivity (Wildman–Crippen MR) is 64.3 cm³/mol. The molecule has 5 nitrogen and oxygen atoms in total. The van der Waals surface area contributed by atoms with Crippen LogP contribution >= 0.6 is 0 Å². The Morgan fingerprint density at radius 3 is 2.41 bits per heavy atom. The second-order valence-electron chi connectivity index (χ2n) is 5.37. The van der Waals surface area contributed by atoms with Crippen molar-refractivity contribution in [3.8, 4) is 0 Å². The summed E-state index contributed by atoms with van der Waals surface area (Å²) in [6.45, 7) is 3.69. The molecule has 1 aliphatic carbocycles. The minimum atomic E-state index is -0.663. The number of nitrogens with one attached hydrogen (secondary N) is 1. The van der Waals surface area contributed by atoms with Crippen molar-refractivity contribution < 1.29 is 9.59 Å². The standard InChI is InChI=1S/C12H19N3O2/c1-7(2)8-9(16)14-11(15-10(8)17)12(13)5-3-4-6-12/h7-8H,3-6,13H2,1-2H3,(H,14,15,16,17). The summed E-state index contributed by atoms with van der Waals surface area (Å²) in [7, 11) is 0. The highest BCUT2D eigenvalue weighted by Crippen LogP contribution is 2.29. The zero-order valence-electron chi connectivity index (χ0n) is 10.3. The molecule has 3 N–H and O–H groups in total. The number of hydrogen-bond acceptors (Lipinski definition) is 3. The van der Waals surface area contributed by atoms with Crippen molar-refractivity contribution in [1.29, 1.82) is 0 Å². The van der Waals surface area contributed by atoms with Gasteiger partial charge in [0, 0.05) is 0 Å². The van der Waals surface area contributed by atoms with Gasteiger partial charge in [0.2, 0.25) is 5.91 Å². The number of nitrogens with two attached hydrogens (primary N) is 1. The van der Waals surface area contributed by atoms with E-state index < -0.39 is 11.5 Å². The number of nitrogens with zero attached hydrogens (tertiary/aromatic N) is 1. The van der Waals surface area contributed by atoms with E-state index in [-0.39, 0.29) is 17.7 Å². The quantitative estimate of drug-likeness (QED) is 0.689. The first-order chi connectivity index (χ1) is 7.94. The third-order valence-electron chi connectivity index (χ3n) is 3.65. The van der Waals surface area contributed by atoms with Crippen molar-refractivity contribution >= 4 is 17.6 Å². The Labute approximate surface area is 101 Å². The first kappa shape index (κ1) is 12.2. The summed E-state index contributed by atoms with van der Waals surface area (Å²) in [6, 6.07) is 0. The fourth-order valence-electron chi connectivity index (χ4n) is 2.58. The van der Waals surface area contributed by atoms with Crippen LogP contribution in [0.5, 0.6) is 0 Å². The largest absolute Gasteiger partial charge is 0.319 e. The zero-order valence-corrected chi connectivity index (χ0v) is 10.3. The highest BCUT2D eigenvalue weighted by Gasteiger charge is 2.42. The van der Waals surface area contributed by atoms with Gasteiger partial charge in [0.15, 0.2) is 0 Å². The summed E-state index contributed by atoms with van der Waals surface area (Å²) in [4.78, 5) is 27.7. The highest BCUT2D eigenvalue weighted by molar-refractivity contribution is 6.18. The van der Waals surface area contributed by atoms with Gasteiger partial charge in [-0.25, -0.2) is 0 Å². The molecule has 0 aromatic rings. The molecular formula is C12H19N3O2. The van der Waals surface area contributed by atoms with Crippen molar-refractivity contribution in [3.63, 3.8) is 0 Å². The molecule has 2 rings (SSSR count). The molecule has 0 radical (unpaired) electrons. The van der Waals surface area contributed by atoms with Crippen LogP contribution in [0.4, 0.5) is 0 Å². The van der Waals surface area contributed by atoms with Gasteiger partial charge in [0.25, 0.3) is 5.91 Å². The zero-order chi connectivity index (χ0) is 12.6. The third kappa shape index (κ3) is 2.11. The van der Waals surface area contributed by atoms with Gasteiger partial charge in [-0.05, 0) is 18.8 Å². The molecule has 0 bridgehead atoms. The molecule has 0 aromatic heterocycles. The molecule has 0 saturated heterocycles. The topological polar surface area (TPSA) is 84.6 Å². The van der Waals surface area contributed by atoms with Crippen molar-refractivity contribution in [2.45, 2.75) is 45.1 Å². The first-order valence-corrected chi connectivity index (χ1v) is 6.17. The minimum Gasteiger partial charge on any atom is -0.319 e. The van der Waals surface area contributed by atoms with Crippen LogP contribution in [0.25, 0.3) is 0 Å². The Morgan fingerprint density at radius 2 is 1.94 bits per heavy atom. The van der Waals surface area contributed by atoms with E-state index in [2.05, 4.69) is 10.3 Å². The van der Waals surface area contributed by atoms with Gasteiger partial charge in [-0.1, -0.05) is 26.7 Å². The van der Waals surface area contributed by atoms with Crippen LogP contribution in [0.15, 0.2) is 4.99 Å². The molecule has 17 heavy (non-hydrogen) atoms. The number of hydrogen-bond donors (Lipinski definition) is 2. The summed E-state index contributed by atoms with van der Waals surface area (Å²) in [5, 5.41) is 2.73. The smallest absolute Gasteiger partial charge is 0.260 e. The number of carbonyl (C=O) groups excluding carboxylic acids is 2. The highest BCUT2D eigenvalue weighted by atomic mass is 16.2. The first-order valence-electron chi connectivity index (χ1n) is 6.17. The Balaban J connectivity index is 2.25. The van der Waals surface area contributed by atoms with E-state index in [1.54, 1.807) is 0 Å².